The Labute approximate surface area is 188 Å². The van der Waals surface area contributed by atoms with E-state index in [1.807, 2.05) is 30.3 Å². The van der Waals surface area contributed by atoms with Gasteiger partial charge in [0.05, 0.1) is 16.4 Å². The number of imide groups is 1. The van der Waals surface area contributed by atoms with E-state index in [0.717, 1.165) is 27.8 Å². The topological polar surface area (TPSA) is 89.8 Å². The first-order chi connectivity index (χ1) is 15.5. The summed E-state index contributed by atoms with van der Waals surface area (Å²) in [6.45, 7) is 0.302. The molecule has 8 heteroatoms. The summed E-state index contributed by atoms with van der Waals surface area (Å²) in [6.07, 6.45) is 1.63. The monoisotopic (exact) mass is 446 g/mol. The molecule has 1 aliphatic heterocycles. The van der Waals surface area contributed by atoms with E-state index in [9.17, 15) is 19.7 Å². The average Bonchev–Trinajstić information content (AvgIpc) is 3.07. The Morgan fingerprint density at radius 2 is 1.62 bits per heavy atom. The van der Waals surface area contributed by atoms with Crippen LogP contribution < -0.4 is 4.74 Å². The zero-order valence-corrected chi connectivity index (χ0v) is 17.7. The minimum Gasteiger partial charge on any atom is -0.489 e. The van der Waals surface area contributed by atoms with E-state index in [0.29, 0.717) is 17.9 Å². The van der Waals surface area contributed by atoms with Gasteiger partial charge < -0.3 is 4.74 Å². The predicted octanol–water partition coefficient (Wildman–Crippen LogP) is 5.41. The summed E-state index contributed by atoms with van der Waals surface area (Å²) in [5, 5.41) is 10.8. The zero-order chi connectivity index (χ0) is 22.5. The number of carbonyl (C=O) groups is 2. The number of carbonyl (C=O) groups excluding carboxylic acids is 2. The Bertz CT molecular complexity index is 1190. The highest BCUT2D eigenvalue weighted by molar-refractivity contribution is 8.18. The minimum absolute atomic E-state index is 0.123. The summed E-state index contributed by atoms with van der Waals surface area (Å²) >= 11 is 0.819. The van der Waals surface area contributed by atoms with Gasteiger partial charge in [-0.25, -0.2) is 0 Å². The van der Waals surface area contributed by atoms with E-state index in [1.165, 1.54) is 6.07 Å². The third-order valence-electron chi connectivity index (χ3n) is 4.82. The average molecular weight is 446 g/mol. The van der Waals surface area contributed by atoms with E-state index in [2.05, 4.69) is 0 Å². The molecule has 1 heterocycles. The van der Waals surface area contributed by atoms with Gasteiger partial charge in [0.2, 0.25) is 0 Å². The molecule has 160 valence electrons. The van der Waals surface area contributed by atoms with Gasteiger partial charge in [-0.2, -0.15) is 0 Å². The second-order valence-corrected chi connectivity index (χ2v) is 7.99. The van der Waals surface area contributed by atoms with Crippen LogP contribution in [0.15, 0.2) is 83.8 Å². The number of thioether (sulfide) groups is 1. The van der Waals surface area contributed by atoms with Crippen LogP contribution in [0.2, 0.25) is 0 Å². The van der Waals surface area contributed by atoms with Crippen molar-refractivity contribution in [1.82, 2.24) is 4.90 Å². The lowest BCUT2D eigenvalue weighted by Gasteiger charge is -2.12. The molecule has 0 radical (unpaired) electrons. The van der Waals surface area contributed by atoms with E-state index in [4.69, 9.17) is 4.74 Å². The molecule has 0 spiro atoms. The molecule has 3 aromatic carbocycles. The van der Waals surface area contributed by atoms with Gasteiger partial charge >= 0.3 is 0 Å². The molecule has 0 saturated carbocycles. The van der Waals surface area contributed by atoms with Crippen molar-refractivity contribution in [1.29, 1.82) is 0 Å². The van der Waals surface area contributed by atoms with Crippen LogP contribution in [0.4, 0.5) is 10.5 Å². The summed E-state index contributed by atoms with van der Waals surface area (Å²) in [7, 11) is 0. The Hall–Kier alpha value is -3.91. The van der Waals surface area contributed by atoms with Crippen molar-refractivity contribution < 1.29 is 19.2 Å². The lowest BCUT2D eigenvalue weighted by atomic mass is 10.1. The Balaban J connectivity index is 1.44. The lowest BCUT2D eigenvalue weighted by Crippen LogP contribution is -2.27. The number of amides is 2. The van der Waals surface area contributed by atoms with Crippen LogP contribution >= 0.6 is 11.8 Å². The van der Waals surface area contributed by atoms with Gasteiger partial charge in [-0.3, -0.25) is 24.6 Å². The lowest BCUT2D eigenvalue weighted by molar-refractivity contribution is -0.385. The van der Waals surface area contributed by atoms with Gasteiger partial charge in [-0.05, 0) is 41.1 Å². The van der Waals surface area contributed by atoms with Crippen molar-refractivity contribution in [2.24, 2.45) is 0 Å². The number of ether oxygens (including phenoxy) is 1. The van der Waals surface area contributed by atoms with Gasteiger partial charge in [-0.1, -0.05) is 60.7 Å². The number of benzene rings is 3. The first-order valence-electron chi connectivity index (χ1n) is 9.76. The molecule has 1 saturated heterocycles. The predicted molar refractivity (Wildman–Crippen MR) is 122 cm³/mol. The van der Waals surface area contributed by atoms with Crippen molar-refractivity contribution in [3.05, 3.63) is 111 Å². The maximum absolute atomic E-state index is 12.8. The van der Waals surface area contributed by atoms with Crippen molar-refractivity contribution in [2.75, 3.05) is 0 Å². The number of nitrogens with zero attached hydrogens (tertiary/aromatic N) is 2. The van der Waals surface area contributed by atoms with Gasteiger partial charge in [0, 0.05) is 11.6 Å². The number of hydrogen-bond acceptors (Lipinski definition) is 6. The molecule has 0 aromatic heterocycles. The molecule has 3 aromatic rings. The number of nitro groups is 1. The van der Waals surface area contributed by atoms with Crippen LogP contribution in [0.25, 0.3) is 6.08 Å². The quantitative estimate of drug-likeness (QED) is 0.274. The fraction of sp³-hybridized carbons (Fsp3) is 0.0833. The number of rotatable bonds is 7. The summed E-state index contributed by atoms with van der Waals surface area (Å²) in [5.74, 6) is 0.220. The van der Waals surface area contributed by atoms with Crippen molar-refractivity contribution in [2.45, 2.75) is 13.2 Å². The molecule has 1 aliphatic rings. The number of para-hydroxylation sites is 1. The van der Waals surface area contributed by atoms with E-state index >= 15 is 0 Å². The van der Waals surface area contributed by atoms with Crippen LogP contribution in [0.5, 0.6) is 5.75 Å². The summed E-state index contributed by atoms with van der Waals surface area (Å²) in [5.41, 5.74) is 1.99. The molecule has 0 aliphatic carbocycles. The van der Waals surface area contributed by atoms with Crippen LogP contribution in [-0.2, 0) is 17.9 Å². The highest BCUT2D eigenvalue weighted by Gasteiger charge is 2.36. The highest BCUT2D eigenvalue weighted by Crippen LogP contribution is 2.34. The Morgan fingerprint density at radius 3 is 2.34 bits per heavy atom. The maximum atomic E-state index is 12.8. The summed E-state index contributed by atoms with van der Waals surface area (Å²) in [4.78, 5) is 37.1. The standard InChI is InChI=1S/C24H18N2O5S/c27-23-22(32-24(28)25(23)15-19-8-4-5-9-21(19)26(29)30)14-17-10-12-20(13-11-17)31-16-18-6-2-1-3-7-18/h1-14H,15-16H2/b22-14+. The van der Waals surface area contributed by atoms with Crippen LogP contribution in [0, 0.1) is 10.1 Å². The molecule has 7 nitrogen and oxygen atoms in total. The van der Waals surface area contributed by atoms with Crippen molar-refractivity contribution in [3.63, 3.8) is 0 Å². The van der Waals surface area contributed by atoms with Crippen molar-refractivity contribution >= 4 is 34.7 Å². The molecule has 0 unspecified atom stereocenters. The maximum Gasteiger partial charge on any atom is 0.293 e. The third-order valence-corrected chi connectivity index (χ3v) is 5.72. The van der Waals surface area contributed by atoms with Gasteiger partial charge in [-0.15, -0.1) is 0 Å². The SMILES string of the molecule is O=C1S/C(=C/c2ccc(OCc3ccccc3)cc2)C(=O)N1Cc1ccccc1[N+](=O)[O-]. The van der Waals surface area contributed by atoms with E-state index < -0.39 is 16.1 Å². The molecule has 0 bridgehead atoms. The van der Waals surface area contributed by atoms with Crippen LogP contribution in [-0.4, -0.2) is 21.0 Å². The normalized spacial score (nSPS) is 14.8. The first-order valence-corrected chi connectivity index (χ1v) is 10.6. The smallest absolute Gasteiger partial charge is 0.293 e. The Morgan fingerprint density at radius 1 is 0.938 bits per heavy atom. The van der Waals surface area contributed by atoms with Gasteiger partial charge in [0.1, 0.15) is 12.4 Å². The number of nitro benzene ring substituents is 1. The molecule has 2 amide bonds. The fourth-order valence-electron chi connectivity index (χ4n) is 3.18. The molecular weight excluding hydrogens is 428 g/mol. The highest BCUT2D eigenvalue weighted by atomic mass is 32.2. The molecule has 32 heavy (non-hydrogen) atoms. The Kier molecular flexibility index (Phi) is 6.32. The fourth-order valence-corrected chi connectivity index (χ4v) is 4.02. The number of hydrogen-bond donors (Lipinski definition) is 0. The van der Waals surface area contributed by atoms with Crippen LogP contribution in [0.3, 0.4) is 0 Å². The van der Waals surface area contributed by atoms with E-state index in [1.54, 1.807) is 48.5 Å². The molecule has 0 atom stereocenters. The largest absolute Gasteiger partial charge is 0.489 e. The van der Waals surface area contributed by atoms with E-state index in [-0.39, 0.29) is 17.1 Å². The second-order valence-electron chi connectivity index (χ2n) is 7.00. The first kappa shape index (κ1) is 21.3. The summed E-state index contributed by atoms with van der Waals surface area (Å²) < 4.78 is 5.76. The summed E-state index contributed by atoms with van der Waals surface area (Å²) in [6, 6.07) is 23.1. The van der Waals surface area contributed by atoms with Crippen LogP contribution in [0.1, 0.15) is 16.7 Å². The molecule has 4 rings (SSSR count). The minimum atomic E-state index is -0.522. The zero-order valence-electron chi connectivity index (χ0n) is 16.8. The molecule has 1 fully saturated rings. The molecular formula is C24H18N2O5S. The van der Waals surface area contributed by atoms with Crippen molar-refractivity contribution in [3.8, 4) is 5.75 Å². The second kappa shape index (κ2) is 9.49. The van der Waals surface area contributed by atoms with Gasteiger partial charge in [0.25, 0.3) is 16.8 Å². The molecule has 0 N–H and O–H groups in total. The van der Waals surface area contributed by atoms with Gasteiger partial charge in [0.15, 0.2) is 0 Å². The third kappa shape index (κ3) is 4.87.